The molecule has 2 N–H and O–H groups in total. The van der Waals surface area contributed by atoms with Gasteiger partial charge in [-0.05, 0) is 60.3 Å². The summed E-state index contributed by atoms with van der Waals surface area (Å²) in [6, 6.07) is 0. The molecular formula is C19H36O6P2. The molecule has 0 fully saturated rings. The predicted octanol–water partition coefficient (Wildman–Crippen LogP) is 5.83. The van der Waals surface area contributed by atoms with Gasteiger partial charge in [-0.15, -0.1) is 0 Å². The van der Waals surface area contributed by atoms with Crippen LogP contribution in [0.4, 0.5) is 0 Å². The van der Waals surface area contributed by atoms with Crippen molar-refractivity contribution in [1.82, 2.24) is 0 Å². The van der Waals surface area contributed by atoms with Crippen molar-refractivity contribution in [2.24, 2.45) is 0 Å². The Morgan fingerprint density at radius 3 is 2.22 bits per heavy atom. The third kappa shape index (κ3) is 17.4. The van der Waals surface area contributed by atoms with Gasteiger partial charge in [0.05, 0.1) is 12.7 Å². The molecule has 0 saturated carbocycles. The topological polar surface area (TPSA) is 93.1 Å². The molecule has 158 valence electrons. The Kier molecular flexibility index (Phi) is 13.4. The first-order valence-electron chi connectivity index (χ1n) is 9.26. The molecule has 0 aliphatic heterocycles. The molecule has 0 amide bonds. The summed E-state index contributed by atoms with van der Waals surface area (Å²) < 4.78 is 34.2. The van der Waals surface area contributed by atoms with Gasteiger partial charge in [0.15, 0.2) is 0 Å². The van der Waals surface area contributed by atoms with Crippen molar-refractivity contribution in [2.75, 3.05) is 18.9 Å². The second-order valence-corrected chi connectivity index (χ2v) is 11.8. The predicted molar refractivity (Wildman–Crippen MR) is 112 cm³/mol. The average Bonchev–Trinajstić information content (AvgIpc) is 2.46. The lowest BCUT2D eigenvalue weighted by Crippen LogP contribution is -2.09. The van der Waals surface area contributed by atoms with E-state index in [9.17, 15) is 9.13 Å². The van der Waals surface area contributed by atoms with Gasteiger partial charge in [0.25, 0.3) is 0 Å². The van der Waals surface area contributed by atoms with Gasteiger partial charge in [-0.25, -0.2) is 0 Å². The van der Waals surface area contributed by atoms with Gasteiger partial charge in [0, 0.05) is 0 Å². The smallest absolute Gasteiger partial charge is 0.335 e. The fourth-order valence-electron chi connectivity index (χ4n) is 2.33. The Balaban J connectivity index is 4.18. The van der Waals surface area contributed by atoms with E-state index in [0.717, 1.165) is 25.7 Å². The summed E-state index contributed by atoms with van der Waals surface area (Å²) >= 11 is 0. The van der Waals surface area contributed by atoms with E-state index >= 15 is 0 Å². The van der Waals surface area contributed by atoms with Crippen LogP contribution in [-0.4, -0.2) is 34.7 Å². The molecular weight excluding hydrogens is 386 g/mol. The zero-order chi connectivity index (χ0) is 20.9. The molecule has 0 aliphatic rings. The Morgan fingerprint density at radius 2 is 1.67 bits per heavy atom. The molecule has 0 aromatic heterocycles. The van der Waals surface area contributed by atoms with Crippen molar-refractivity contribution in [3.05, 3.63) is 35.5 Å². The van der Waals surface area contributed by atoms with Gasteiger partial charge in [-0.1, -0.05) is 35.5 Å². The lowest BCUT2D eigenvalue weighted by atomic mass is 10.1. The maximum absolute atomic E-state index is 12.5. The van der Waals surface area contributed by atoms with Gasteiger partial charge in [0.2, 0.25) is 7.37 Å². The maximum Gasteiger partial charge on any atom is 0.335 e. The second kappa shape index (κ2) is 13.7. The lowest BCUT2D eigenvalue weighted by molar-refractivity contribution is 0.174. The van der Waals surface area contributed by atoms with Crippen molar-refractivity contribution < 1.29 is 28.2 Å². The van der Waals surface area contributed by atoms with Gasteiger partial charge in [-0.2, -0.15) is 0 Å². The second-order valence-electron chi connectivity index (χ2n) is 7.19. The minimum absolute atomic E-state index is 0.232. The summed E-state index contributed by atoms with van der Waals surface area (Å²) in [7, 11) is -7.96. The van der Waals surface area contributed by atoms with E-state index < -0.39 is 27.0 Å². The average molecular weight is 422 g/mol. The molecule has 0 saturated heterocycles. The van der Waals surface area contributed by atoms with Crippen LogP contribution in [0.25, 0.3) is 0 Å². The quantitative estimate of drug-likeness (QED) is 0.208. The van der Waals surface area contributed by atoms with Crippen LogP contribution in [0.1, 0.15) is 60.3 Å². The molecule has 0 aromatic rings. The van der Waals surface area contributed by atoms with Gasteiger partial charge in [0.1, 0.15) is 12.3 Å². The van der Waals surface area contributed by atoms with Gasteiger partial charge in [-0.3, -0.25) is 9.13 Å². The summed E-state index contributed by atoms with van der Waals surface area (Å²) in [4.78, 5) is 18.1. The van der Waals surface area contributed by atoms with Crippen molar-refractivity contribution in [3.63, 3.8) is 0 Å². The highest BCUT2D eigenvalue weighted by molar-refractivity contribution is 7.73. The van der Waals surface area contributed by atoms with Gasteiger partial charge < -0.3 is 19.0 Å². The number of ether oxygens (including phenoxy) is 1. The molecule has 0 bridgehead atoms. The molecule has 0 spiro atoms. The summed E-state index contributed by atoms with van der Waals surface area (Å²) in [5.74, 6) is -0.793. The lowest BCUT2D eigenvalue weighted by Gasteiger charge is -2.21. The van der Waals surface area contributed by atoms with Crippen LogP contribution in [0.2, 0.25) is 0 Å². The largest absolute Gasteiger partial charge is 0.367 e. The molecule has 0 aliphatic carbocycles. The normalized spacial score (nSPS) is 15.3. The van der Waals surface area contributed by atoms with Crippen LogP contribution in [0.15, 0.2) is 35.5 Å². The Morgan fingerprint density at radius 1 is 1.00 bits per heavy atom. The van der Waals surface area contributed by atoms with E-state index in [4.69, 9.17) is 19.0 Å². The molecule has 6 nitrogen and oxygen atoms in total. The maximum atomic E-state index is 12.5. The molecule has 0 radical (unpaired) electrons. The van der Waals surface area contributed by atoms with E-state index in [2.05, 4.69) is 32.9 Å². The van der Waals surface area contributed by atoms with Crippen LogP contribution >= 0.6 is 15.0 Å². The zero-order valence-electron chi connectivity index (χ0n) is 17.3. The minimum Gasteiger partial charge on any atom is -0.367 e. The fourth-order valence-corrected chi connectivity index (χ4v) is 6.38. The van der Waals surface area contributed by atoms with E-state index in [1.54, 1.807) is 13.8 Å². The summed E-state index contributed by atoms with van der Waals surface area (Å²) in [6.07, 6.45) is 11.6. The molecule has 0 heterocycles. The third-order valence-electron chi connectivity index (χ3n) is 3.39. The van der Waals surface area contributed by atoms with Crippen LogP contribution in [0.5, 0.6) is 0 Å². The molecule has 27 heavy (non-hydrogen) atoms. The first kappa shape index (κ1) is 26.5. The molecule has 8 heteroatoms. The van der Waals surface area contributed by atoms with E-state index in [0.29, 0.717) is 0 Å². The van der Waals surface area contributed by atoms with Crippen molar-refractivity contribution in [3.8, 4) is 0 Å². The monoisotopic (exact) mass is 422 g/mol. The minimum atomic E-state index is -4.43. The molecule has 0 rings (SSSR count). The van der Waals surface area contributed by atoms with Crippen LogP contribution in [0, 0.1) is 0 Å². The summed E-state index contributed by atoms with van der Waals surface area (Å²) in [5.41, 5.74) is 2.72. The highest BCUT2D eigenvalue weighted by Gasteiger charge is 2.33. The Labute approximate surface area is 164 Å². The molecule has 0 aromatic carbocycles. The first-order valence-corrected chi connectivity index (χ1v) is 13.1. The van der Waals surface area contributed by atoms with Crippen molar-refractivity contribution in [2.45, 2.75) is 66.4 Å². The summed E-state index contributed by atoms with van der Waals surface area (Å²) in [6.45, 7) is 9.91. The third-order valence-corrected chi connectivity index (χ3v) is 7.97. The van der Waals surface area contributed by atoms with Crippen LogP contribution < -0.4 is 0 Å². The number of rotatable bonds is 14. The SMILES string of the molecule is CC(C)=CCC/C(C)=C/CC/C=C/COCP(=O)(CP(=O)(O)O)OC(C)C. The van der Waals surface area contributed by atoms with E-state index in [1.807, 2.05) is 12.2 Å². The Hall–Kier alpha value is -0.480. The number of unbranched alkanes of at least 4 members (excludes halogenated alkanes) is 1. The van der Waals surface area contributed by atoms with E-state index in [-0.39, 0.29) is 13.0 Å². The number of allylic oxidation sites excluding steroid dienone is 5. The summed E-state index contributed by atoms with van der Waals surface area (Å²) in [5, 5.41) is 0. The van der Waals surface area contributed by atoms with Crippen molar-refractivity contribution in [1.29, 1.82) is 0 Å². The standard InChI is InChI=1S/C19H36O6P2/c1-17(2)11-10-13-19(5)12-8-6-7-9-14-24-15-26(20,25-18(3)4)16-27(21,22)23/h7,9,11-12,18H,6,8,10,13-16H2,1-5H3,(H2,21,22,23)/b9-7+,19-12+. The van der Waals surface area contributed by atoms with E-state index in [1.165, 1.54) is 11.1 Å². The fraction of sp³-hybridized carbons (Fsp3) is 0.684. The number of hydrogen-bond donors (Lipinski definition) is 2. The number of hydrogen-bond acceptors (Lipinski definition) is 4. The van der Waals surface area contributed by atoms with Crippen molar-refractivity contribution >= 4 is 15.0 Å². The van der Waals surface area contributed by atoms with Crippen LogP contribution in [0.3, 0.4) is 0 Å². The Bertz CT molecular complexity index is 597. The highest BCUT2D eigenvalue weighted by Crippen LogP contribution is 2.58. The molecule has 1 unspecified atom stereocenters. The van der Waals surface area contributed by atoms with Gasteiger partial charge >= 0.3 is 7.60 Å². The zero-order valence-corrected chi connectivity index (χ0v) is 19.0. The first-order chi connectivity index (χ1) is 12.4. The molecule has 1 atom stereocenters. The highest BCUT2D eigenvalue weighted by atomic mass is 31.2. The van der Waals surface area contributed by atoms with Crippen LogP contribution in [-0.2, 0) is 18.4 Å².